The maximum Gasteiger partial charge on any atom is 0.124 e. The Hall–Kier alpha value is -1.22. The van der Waals surface area contributed by atoms with Crippen LogP contribution in [0.2, 0.25) is 0 Å². The first-order valence-electron chi connectivity index (χ1n) is 6.99. The van der Waals surface area contributed by atoms with E-state index in [1.807, 2.05) is 0 Å². The summed E-state index contributed by atoms with van der Waals surface area (Å²) in [7, 11) is 0. The summed E-state index contributed by atoms with van der Waals surface area (Å²) in [4.78, 5) is 2.47. The molecule has 0 aromatic heterocycles. The van der Waals surface area contributed by atoms with Crippen LogP contribution >= 0.6 is 0 Å². The fourth-order valence-electron chi connectivity index (χ4n) is 3.30. The van der Waals surface area contributed by atoms with Crippen molar-refractivity contribution in [1.29, 1.82) is 0 Å². The average molecular weight is 246 g/mol. The van der Waals surface area contributed by atoms with Gasteiger partial charge in [-0.2, -0.15) is 0 Å². The molecule has 0 saturated carbocycles. The van der Waals surface area contributed by atoms with Crippen molar-refractivity contribution < 1.29 is 4.74 Å². The van der Waals surface area contributed by atoms with Crippen LogP contribution in [0.25, 0.3) is 0 Å². The molecule has 2 heterocycles. The molecule has 3 nitrogen and oxygen atoms in total. The zero-order valence-corrected chi connectivity index (χ0v) is 11.3. The monoisotopic (exact) mass is 246 g/mol. The molecule has 0 spiro atoms. The Morgan fingerprint density at radius 1 is 1.50 bits per heavy atom. The summed E-state index contributed by atoms with van der Waals surface area (Å²) in [5.74, 6) is 1.74. The highest BCUT2D eigenvalue weighted by Gasteiger charge is 2.32. The second kappa shape index (κ2) is 4.47. The normalized spacial score (nSPS) is 22.6. The minimum absolute atomic E-state index is 0.214. The quantitative estimate of drug-likeness (QED) is 0.889. The summed E-state index contributed by atoms with van der Waals surface area (Å²) < 4.78 is 5.69. The third kappa shape index (κ3) is 1.77. The van der Waals surface area contributed by atoms with Gasteiger partial charge in [-0.3, -0.25) is 0 Å². The lowest BCUT2D eigenvalue weighted by molar-refractivity contribution is 0.357. The van der Waals surface area contributed by atoms with E-state index in [0.29, 0.717) is 5.92 Å². The van der Waals surface area contributed by atoms with Gasteiger partial charge in [0.05, 0.1) is 6.61 Å². The van der Waals surface area contributed by atoms with Gasteiger partial charge in [0.25, 0.3) is 0 Å². The summed E-state index contributed by atoms with van der Waals surface area (Å²) in [6.45, 7) is 7.24. The molecule has 0 radical (unpaired) electrons. The minimum Gasteiger partial charge on any atom is -0.493 e. The van der Waals surface area contributed by atoms with E-state index in [0.717, 1.165) is 31.9 Å². The Morgan fingerprint density at radius 2 is 2.33 bits per heavy atom. The topological polar surface area (TPSA) is 38.5 Å². The number of benzene rings is 1. The molecule has 1 aromatic carbocycles. The standard InChI is InChI=1S/C15H22N2O/c1-3-11-9-17(8-10(2)16)15-12(11)4-5-14-13(15)6-7-18-14/h4-5,10-11H,3,6-9,16H2,1-2H3/t10-,11+/m0/s1. The molecule has 0 fully saturated rings. The molecule has 2 N–H and O–H groups in total. The van der Waals surface area contributed by atoms with Gasteiger partial charge in [-0.25, -0.2) is 0 Å². The fraction of sp³-hybridized carbons (Fsp3) is 0.600. The lowest BCUT2D eigenvalue weighted by Crippen LogP contribution is -2.35. The molecule has 1 aromatic rings. The SMILES string of the molecule is CC[C@@H]1CN(C[C@H](C)N)c2c1ccc1c2CCO1. The van der Waals surface area contributed by atoms with E-state index in [4.69, 9.17) is 10.5 Å². The molecular weight excluding hydrogens is 224 g/mol. The van der Waals surface area contributed by atoms with Crippen molar-refractivity contribution in [1.82, 2.24) is 0 Å². The van der Waals surface area contributed by atoms with Crippen molar-refractivity contribution >= 4 is 5.69 Å². The zero-order valence-electron chi connectivity index (χ0n) is 11.3. The first-order chi connectivity index (χ1) is 8.70. The molecule has 98 valence electrons. The molecule has 0 bridgehead atoms. The van der Waals surface area contributed by atoms with Crippen molar-refractivity contribution in [3.63, 3.8) is 0 Å². The number of hydrogen-bond acceptors (Lipinski definition) is 3. The Bertz CT molecular complexity index is 456. The van der Waals surface area contributed by atoms with Crippen LogP contribution in [0.5, 0.6) is 5.75 Å². The predicted molar refractivity (Wildman–Crippen MR) is 74.5 cm³/mol. The average Bonchev–Trinajstić information content (AvgIpc) is 2.91. The van der Waals surface area contributed by atoms with Gasteiger partial charge in [0.1, 0.15) is 5.75 Å². The van der Waals surface area contributed by atoms with E-state index >= 15 is 0 Å². The largest absolute Gasteiger partial charge is 0.493 e. The van der Waals surface area contributed by atoms with Crippen LogP contribution in [0, 0.1) is 0 Å². The first kappa shape index (κ1) is 11.8. The molecule has 2 aliphatic heterocycles. The summed E-state index contributed by atoms with van der Waals surface area (Å²) >= 11 is 0. The van der Waals surface area contributed by atoms with Gasteiger partial charge in [0, 0.05) is 42.7 Å². The fourth-order valence-corrected chi connectivity index (χ4v) is 3.30. The highest BCUT2D eigenvalue weighted by Crippen LogP contribution is 2.45. The highest BCUT2D eigenvalue weighted by molar-refractivity contribution is 5.70. The number of nitrogens with zero attached hydrogens (tertiary/aromatic N) is 1. The van der Waals surface area contributed by atoms with E-state index in [9.17, 15) is 0 Å². The van der Waals surface area contributed by atoms with Gasteiger partial charge in [-0.15, -0.1) is 0 Å². The van der Waals surface area contributed by atoms with Gasteiger partial charge < -0.3 is 15.4 Å². The van der Waals surface area contributed by atoms with Gasteiger partial charge in [0.15, 0.2) is 0 Å². The first-order valence-corrected chi connectivity index (χ1v) is 6.99. The number of nitrogens with two attached hydrogens (primary N) is 1. The van der Waals surface area contributed by atoms with Crippen LogP contribution in [0.1, 0.15) is 37.3 Å². The summed E-state index contributed by atoms with van der Waals surface area (Å²) in [5, 5.41) is 0. The van der Waals surface area contributed by atoms with Crippen LogP contribution < -0.4 is 15.4 Å². The molecule has 2 atom stereocenters. The van der Waals surface area contributed by atoms with Crippen LogP contribution in [0.3, 0.4) is 0 Å². The van der Waals surface area contributed by atoms with Gasteiger partial charge in [0.2, 0.25) is 0 Å². The number of anilines is 1. The zero-order chi connectivity index (χ0) is 12.7. The number of hydrogen-bond donors (Lipinski definition) is 1. The molecular formula is C15H22N2O. The maximum absolute atomic E-state index is 5.99. The second-order valence-corrected chi connectivity index (χ2v) is 5.57. The van der Waals surface area contributed by atoms with Gasteiger partial charge >= 0.3 is 0 Å². The van der Waals surface area contributed by atoms with E-state index in [1.54, 1.807) is 0 Å². The molecule has 2 aliphatic rings. The molecule has 18 heavy (non-hydrogen) atoms. The number of ether oxygens (including phenoxy) is 1. The molecule has 0 unspecified atom stereocenters. The van der Waals surface area contributed by atoms with E-state index in [2.05, 4.69) is 30.9 Å². The van der Waals surface area contributed by atoms with Crippen LogP contribution in [-0.4, -0.2) is 25.7 Å². The third-order valence-electron chi connectivity index (χ3n) is 4.08. The summed E-state index contributed by atoms with van der Waals surface area (Å²) in [6.07, 6.45) is 2.24. The maximum atomic E-state index is 5.99. The Kier molecular flexibility index (Phi) is 2.94. The number of fused-ring (bicyclic) bond motifs is 3. The van der Waals surface area contributed by atoms with Gasteiger partial charge in [-0.1, -0.05) is 13.0 Å². The molecule has 0 amide bonds. The van der Waals surface area contributed by atoms with Crippen molar-refractivity contribution in [2.75, 3.05) is 24.6 Å². The van der Waals surface area contributed by atoms with Crippen molar-refractivity contribution in [3.8, 4) is 5.75 Å². The smallest absolute Gasteiger partial charge is 0.124 e. The van der Waals surface area contributed by atoms with Crippen molar-refractivity contribution in [2.24, 2.45) is 5.73 Å². The molecule has 0 aliphatic carbocycles. The third-order valence-corrected chi connectivity index (χ3v) is 4.08. The Labute approximate surface area is 109 Å². The Morgan fingerprint density at radius 3 is 3.06 bits per heavy atom. The Balaban J connectivity index is 2.03. The minimum atomic E-state index is 0.214. The van der Waals surface area contributed by atoms with Crippen LogP contribution in [0.4, 0.5) is 5.69 Å². The van der Waals surface area contributed by atoms with Crippen molar-refractivity contribution in [2.45, 2.75) is 38.6 Å². The van der Waals surface area contributed by atoms with Crippen LogP contribution in [-0.2, 0) is 6.42 Å². The van der Waals surface area contributed by atoms with E-state index in [1.165, 1.54) is 23.2 Å². The summed E-state index contributed by atoms with van der Waals surface area (Å²) in [6, 6.07) is 4.63. The lowest BCUT2D eigenvalue weighted by Gasteiger charge is -2.23. The van der Waals surface area contributed by atoms with Crippen LogP contribution in [0.15, 0.2) is 12.1 Å². The van der Waals surface area contributed by atoms with Crippen molar-refractivity contribution in [3.05, 3.63) is 23.3 Å². The van der Waals surface area contributed by atoms with Gasteiger partial charge in [-0.05, 0) is 25.0 Å². The second-order valence-electron chi connectivity index (χ2n) is 5.57. The summed E-state index contributed by atoms with van der Waals surface area (Å²) in [5.41, 5.74) is 10.3. The van der Waals surface area contributed by atoms with E-state index < -0.39 is 0 Å². The predicted octanol–water partition coefficient (Wildman–Crippen LogP) is 2.28. The molecule has 0 saturated heterocycles. The molecule has 3 heteroatoms. The lowest BCUT2D eigenvalue weighted by atomic mass is 9.96. The number of rotatable bonds is 3. The molecule has 3 rings (SSSR count). The highest BCUT2D eigenvalue weighted by atomic mass is 16.5. The van der Waals surface area contributed by atoms with E-state index in [-0.39, 0.29) is 6.04 Å².